The van der Waals surface area contributed by atoms with E-state index in [0.29, 0.717) is 0 Å². The Hall–Kier alpha value is -0.860. The standard InChI is InChI=1S/C4H5ClN2O2/c1-2-9-4(8)3(5)7-6/h2H2,1H3. The second-order valence-corrected chi connectivity index (χ2v) is 1.47. The molecule has 5 heteroatoms. The van der Waals surface area contributed by atoms with Crippen molar-refractivity contribution in [2.24, 2.45) is 0 Å². The molecule has 0 aliphatic heterocycles. The van der Waals surface area contributed by atoms with Crippen LogP contribution in [0.2, 0.25) is 0 Å². The van der Waals surface area contributed by atoms with Gasteiger partial charge in [0.25, 0.3) is 0 Å². The van der Waals surface area contributed by atoms with Gasteiger partial charge in [0.1, 0.15) is 0 Å². The molecule has 4 nitrogen and oxygen atoms in total. The molecular formula is C4H5ClN2O2. The van der Waals surface area contributed by atoms with Gasteiger partial charge < -0.3 is 10.3 Å². The predicted octanol–water partition coefficient (Wildman–Crippen LogP) is 0.417. The third-order valence-electron chi connectivity index (χ3n) is 0.532. The van der Waals surface area contributed by atoms with Crippen molar-refractivity contribution >= 4 is 22.7 Å². The molecule has 0 unspecified atom stereocenters. The van der Waals surface area contributed by atoms with E-state index < -0.39 is 11.1 Å². The quantitative estimate of drug-likeness (QED) is 0.247. The number of esters is 1. The highest BCUT2D eigenvalue weighted by molar-refractivity contribution is 6.80. The summed E-state index contributed by atoms with van der Waals surface area (Å²) >= 11 is 5.02. The van der Waals surface area contributed by atoms with Crippen LogP contribution in [0.3, 0.4) is 0 Å². The van der Waals surface area contributed by atoms with Crippen LogP contribution in [0.5, 0.6) is 0 Å². The lowest BCUT2D eigenvalue weighted by atomic mass is 10.7. The molecule has 0 rings (SSSR count). The highest BCUT2D eigenvalue weighted by atomic mass is 35.5. The number of carbonyl (C=O) groups is 1. The lowest BCUT2D eigenvalue weighted by Crippen LogP contribution is -2.12. The molecule has 0 bridgehead atoms. The van der Waals surface area contributed by atoms with Gasteiger partial charge in [-0.15, -0.1) is 4.79 Å². The Kier molecular flexibility index (Phi) is 3.67. The number of hydrogen-bond donors (Lipinski definition) is 0. The van der Waals surface area contributed by atoms with Crippen molar-refractivity contribution in [3.63, 3.8) is 0 Å². The minimum Gasteiger partial charge on any atom is -0.456 e. The summed E-state index contributed by atoms with van der Waals surface area (Å²) in [7, 11) is 0. The fraction of sp³-hybridized carbons (Fsp3) is 0.500. The highest BCUT2D eigenvalue weighted by Gasteiger charge is 2.16. The van der Waals surface area contributed by atoms with Crippen molar-refractivity contribution in [2.75, 3.05) is 6.61 Å². The second kappa shape index (κ2) is 4.06. The molecule has 0 atom stereocenters. The van der Waals surface area contributed by atoms with E-state index in [0.717, 1.165) is 0 Å². The molecule has 0 radical (unpaired) electrons. The van der Waals surface area contributed by atoms with E-state index in [1.165, 1.54) is 0 Å². The van der Waals surface area contributed by atoms with Gasteiger partial charge in [0, 0.05) is 11.6 Å². The summed E-state index contributed by atoms with van der Waals surface area (Å²) < 4.78 is 4.33. The van der Waals surface area contributed by atoms with E-state index in [2.05, 4.69) is 9.53 Å². The maximum Gasteiger partial charge on any atom is 0.468 e. The van der Waals surface area contributed by atoms with Gasteiger partial charge in [0.15, 0.2) is 0 Å². The maximum atomic E-state index is 10.3. The van der Waals surface area contributed by atoms with Crippen LogP contribution in [0.4, 0.5) is 0 Å². The number of nitrogens with zero attached hydrogens (tertiary/aromatic N) is 2. The molecule has 0 spiro atoms. The van der Waals surface area contributed by atoms with Crippen molar-refractivity contribution in [1.29, 1.82) is 0 Å². The van der Waals surface area contributed by atoms with Gasteiger partial charge in [0.05, 0.1) is 6.61 Å². The Morgan fingerprint density at radius 2 is 2.44 bits per heavy atom. The van der Waals surface area contributed by atoms with Gasteiger partial charge in [-0.2, -0.15) is 0 Å². The molecule has 0 aliphatic rings. The summed E-state index contributed by atoms with van der Waals surface area (Å²) in [6.07, 6.45) is 0. The summed E-state index contributed by atoms with van der Waals surface area (Å²) in [5.41, 5.74) is 7.89. The fourth-order valence-electron chi connectivity index (χ4n) is 0.231. The van der Waals surface area contributed by atoms with Gasteiger partial charge in [-0.05, 0) is 6.92 Å². The van der Waals surface area contributed by atoms with Crippen molar-refractivity contribution in [3.8, 4) is 0 Å². The first kappa shape index (κ1) is 8.14. The van der Waals surface area contributed by atoms with Gasteiger partial charge in [-0.25, -0.2) is 4.79 Å². The number of halogens is 1. The van der Waals surface area contributed by atoms with E-state index in [1.807, 2.05) is 0 Å². The van der Waals surface area contributed by atoms with E-state index >= 15 is 0 Å². The summed E-state index contributed by atoms with van der Waals surface area (Å²) in [5, 5.41) is -0.558. The zero-order chi connectivity index (χ0) is 7.28. The molecule has 0 aromatic carbocycles. The second-order valence-electron chi connectivity index (χ2n) is 1.11. The fourth-order valence-corrected chi connectivity index (χ4v) is 0.286. The Balaban J connectivity index is 3.89. The van der Waals surface area contributed by atoms with Gasteiger partial charge >= 0.3 is 11.1 Å². The molecule has 0 N–H and O–H groups in total. The number of ether oxygens (including phenoxy) is 1. The van der Waals surface area contributed by atoms with Crippen molar-refractivity contribution in [2.45, 2.75) is 6.92 Å². The SMILES string of the molecule is CCOC(=O)C(Cl)=[N+]=[N-]. The van der Waals surface area contributed by atoms with Crippen LogP contribution in [0.25, 0.3) is 5.53 Å². The van der Waals surface area contributed by atoms with Crippen molar-refractivity contribution in [1.82, 2.24) is 0 Å². The van der Waals surface area contributed by atoms with E-state index in [1.54, 1.807) is 6.92 Å². The van der Waals surface area contributed by atoms with Crippen LogP contribution in [0.1, 0.15) is 6.92 Å². The van der Waals surface area contributed by atoms with Gasteiger partial charge in [-0.3, -0.25) is 0 Å². The minimum atomic E-state index is -0.818. The molecular weight excluding hydrogens is 144 g/mol. The number of carbonyl (C=O) groups excluding carboxylic acids is 1. The molecule has 0 fully saturated rings. The lowest BCUT2D eigenvalue weighted by molar-refractivity contribution is -0.138. The maximum absolute atomic E-state index is 10.3. The molecule has 0 saturated carbocycles. The molecule has 0 aromatic heterocycles. The molecule has 9 heavy (non-hydrogen) atoms. The Labute approximate surface area is 57.0 Å². The zero-order valence-corrected chi connectivity index (χ0v) is 5.55. The van der Waals surface area contributed by atoms with Crippen LogP contribution >= 0.6 is 11.6 Å². The largest absolute Gasteiger partial charge is 0.468 e. The first-order valence-corrected chi connectivity index (χ1v) is 2.64. The average Bonchev–Trinajstić information content (AvgIpc) is 1.87. The van der Waals surface area contributed by atoms with Crippen molar-refractivity contribution < 1.29 is 14.3 Å². The Morgan fingerprint density at radius 3 is 2.78 bits per heavy atom. The van der Waals surface area contributed by atoms with Crippen LogP contribution in [-0.4, -0.2) is 22.5 Å². The van der Waals surface area contributed by atoms with Crippen LogP contribution in [0, 0.1) is 0 Å². The van der Waals surface area contributed by atoms with Crippen LogP contribution in [0.15, 0.2) is 0 Å². The summed E-state index contributed by atoms with van der Waals surface area (Å²) in [5.74, 6) is -0.818. The van der Waals surface area contributed by atoms with Gasteiger partial charge in [0.2, 0.25) is 0 Å². The summed E-state index contributed by atoms with van der Waals surface area (Å²) in [6.45, 7) is 1.84. The molecule has 50 valence electrons. The average molecular weight is 149 g/mol. The van der Waals surface area contributed by atoms with E-state index in [9.17, 15) is 4.79 Å². The summed E-state index contributed by atoms with van der Waals surface area (Å²) in [4.78, 5) is 12.7. The molecule has 0 heterocycles. The number of hydrogen-bond acceptors (Lipinski definition) is 2. The summed E-state index contributed by atoms with van der Waals surface area (Å²) in [6, 6.07) is 0. The Bertz CT molecular complexity index is 162. The first-order valence-electron chi connectivity index (χ1n) is 2.27. The predicted molar refractivity (Wildman–Crippen MR) is 31.1 cm³/mol. The minimum absolute atomic E-state index is 0.213. The zero-order valence-electron chi connectivity index (χ0n) is 4.80. The normalized spacial score (nSPS) is 7.78. The van der Waals surface area contributed by atoms with E-state index in [-0.39, 0.29) is 6.61 Å². The lowest BCUT2D eigenvalue weighted by Gasteiger charge is -1.89. The Morgan fingerprint density at radius 1 is 1.89 bits per heavy atom. The molecule has 0 aliphatic carbocycles. The monoisotopic (exact) mass is 148 g/mol. The van der Waals surface area contributed by atoms with Crippen LogP contribution < -0.4 is 0 Å². The molecule has 0 saturated heterocycles. The van der Waals surface area contributed by atoms with E-state index in [4.69, 9.17) is 17.1 Å². The number of rotatable bonds is 2. The third kappa shape index (κ3) is 2.85. The highest BCUT2D eigenvalue weighted by Crippen LogP contribution is 1.84. The smallest absolute Gasteiger partial charge is 0.456 e. The van der Waals surface area contributed by atoms with Crippen molar-refractivity contribution in [3.05, 3.63) is 5.53 Å². The third-order valence-corrected chi connectivity index (χ3v) is 0.762. The topological polar surface area (TPSA) is 62.7 Å². The van der Waals surface area contributed by atoms with Gasteiger partial charge in [-0.1, -0.05) is 0 Å². The van der Waals surface area contributed by atoms with Crippen LogP contribution in [-0.2, 0) is 9.53 Å². The molecule has 0 amide bonds. The first-order chi connectivity index (χ1) is 4.22. The molecule has 0 aromatic rings.